The second kappa shape index (κ2) is 6.95. The average molecular weight is 325 g/mol. The lowest BCUT2D eigenvalue weighted by Crippen LogP contribution is -2.28. The van der Waals surface area contributed by atoms with Crippen LogP contribution in [0.4, 0.5) is 0 Å². The lowest BCUT2D eigenvalue weighted by atomic mass is 10.1. The quantitative estimate of drug-likeness (QED) is 0.816. The molecule has 1 fully saturated rings. The van der Waals surface area contributed by atoms with E-state index < -0.39 is 0 Å². The minimum Gasteiger partial charge on any atom is -0.497 e. The predicted octanol–water partition coefficient (Wildman–Crippen LogP) is 3.47. The molecule has 1 aliphatic carbocycles. The van der Waals surface area contributed by atoms with Gasteiger partial charge in [-0.3, -0.25) is 4.79 Å². The number of hydrogen-bond acceptors (Lipinski definition) is 3. The van der Waals surface area contributed by atoms with Crippen LogP contribution >= 0.6 is 0 Å². The number of methoxy groups -OCH3 is 2. The zero-order valence-electron chi connectivity index (χ0n) is 14.4. The molecule has 2 atom stereocenters. The van der Waals surface area contributed by atoms with Gasteiger partial charge in [-0.05, 0) is 36.1 Å². The van der Waals surface area contributed by atoms with Gasteiger partial charge < -0.3 is 14.4 Å². The number of ether oxygens (including phenoxy) is 2. The van der Waals surface area contributed by atoms with Crippen molar-refractivity contribution in [3.63, 3.8) is 0 Å². The van der Waals surface area contributed by atoms with E-state index in [1.165, 1.54) is 5.56 Å². The molecule has 4 heteroatoms. The molecule has 0 N–H and O–H groups in total. The van der Waals surface area contributed by atoms with Crippen LogP contribution in [0.1, 0.15) is 23.5 Å². The third kappa shape index (κ3) is 3.37. The number of carbonyl (C=O) groups is 1. The number of hydrogen-bond donors (Lipinski definition) is 0. The summed E-state index contributed by atoms with van der Waals surface area (Å²) in [6.45, 7) is 0.564. The van der Waals surface area contributed by atoms with Gasteiger partial charge in [-0.1, -0.05) is 30.3 Å². The van der Waals surface area contributed by atoms with Crippen molar-refractivity contribution in [2.45, 2.75) is 18.9 Å². The summed E-state index contributed by atoms with van der Waals surface area (Å²) in [5, 5.41) is 0. The minimum absolute atomic E-state index is 0.0816. The van der Waals surface area contributed by atoms with Crippen molar-refractivity contribution < 1.29 is 14.3 Å². The van der Waals surface area contributed by atoms with Gasteiger partial charge in [0.15, 0.2) is 0 Å². The van der Waals surface area contributed by atoms with Crippen molar-refractivity contribution in [3.05, 3.63) is 59.7 Å². The summed E-state index contributed by atoms with van der Waals surface area (Å²) in [6, 6.07) is 15.8. The van der Waals surface area contributed by atoms with Crippen LogP contribution in [-0.2, 0) is 11.3 Å². The first-order valence-corrected chi connectivity index (χ1v) is 8.15. The maximum atomic E-state index is 12.7. The van der Waals surface area contributed by atoms with E-state index in [0.717, 1.165) is 23.5 Å². The summed E-state index contributed by atoms with van der Waals surface area (Å²) in [5.74, 6) is 2.26. The molecule has 126 valence electrons. The van der Waals surface area contributed by atoms with Gasteiger partial charge in [0.2, 0.25) is 5.91 Å². The molecule has 0 radical (unpaired) electrons. The highest BCUT2D eigenvalue weighted by Gasteiger charge is 2.45. The Morgan fingerprint density at radius 1 is 1.08 bits per heavy atom. The van der Waals surface area contributed by atoms with E-state index in [2.05, 4.69) is 12.1 Å². The molecule has 1 aliphatic rings. The summed E-state index contributed by atoms with van der Waals surface area (Å²) in [6.07, 6.45) is 0.918. The van der Waals surface area contributed by atoms with Crippen molar-refractivity contribution in [3.8, 4) is 11.5 Å². The first kappa shape index (κ1) is 16.4. The zero-order valence-corrected chi connectivity index (χ0v) is 14.4. The van der Waals surface area contributed by atoms with Crippen molar-refractivity contribution in [2.75, 3.05) is 21.3 Å². The molecule has 0 aromatic heterocycles. The Hall–Kier alpha value is -2.49. The van der Waals surface area contributed by atoms with E-state index in [1.807, 2.05) is 43.4 Å². The number of para-hydroxylation sites is 1. The molecule has 3 rings (SSSR count). The topological polar surface area (TPSA) is 38.8 Å². The fraction of sp³-hybridized carbons (Fsp3) is 0.350. The Labute approximate surface area is 143 Å². The summed E-state index contributed by atoms with van der Waals surface area (Å²) in [7, 11) is 5.17. The Morgan fingerprint density at radius 3 is 2.46 bits per heavy atom. The normalized spacial score (nSPS) is 18.8. The molecule has 1 amide bonds. The molecule has 0 bridgehead atoms. The first-order valence-electron chi connectivity index (χ1n) is 8.15. The number of benzene rings is 2. The van der Waals surface area contributed by atoms with Gasteiger partial charge in [0.05, 0.1) is 14.2 Å². The SMILES string of the molecule is COc1ccc(C2CC2C(=O)N(C)Cc2ccccc2OC)cc1. The Kier molecular flexibility index (Phi) is 4.74. The summed E-state index contributed by atoms with van der Waals surface area (Å²) in [5.41, 5.74) is 2.23. The van der Waals surface area contributed by atoms with Gasteiger partial charge in [-0.2, -0.15) is 0 Å². The van der Waals surface area contributed by atoms with Crippen molar-refractivity contribution in [1.29, 1.82) is 0 Å². The first-order chi connectivity index (χ1) is 11.6. The van der Waals surface area contributed by atoms with Gasteiger partial charge in [-0.25, -0.2) is 0 Å². The van der Waals surface area contributed by atoms with Crippen molar-refractivity contribution in [2.24, 2.45) is 5.92 Å². The smallest absolute Gasteiger partial charge is 0.226 e. The molecule has 0 saturated heterocycles. The predicted molar refractivity (Wildman–Crippen MR) is 93.3 cm³/mol. The summed E-state index contributed by atoms with van der Waals surface area (Å²) in [4.78, 5) is 14.5. The van der Waals surface area contributed by atoms with E-state index in [-0.39, 0.29) is 11.8 Å². The van der Waals surface area contributed by atoms with Crippen LogP contribution in [0.2, 0.25) is 0 Å². The van der Waals surface area contributed by atoms with Gasteiger partial charge in [-0.15, -0.1) is 0 Å². The molecule has 24 heavy (non-hydrogen) atoms. The standard InChI is InChI=1S/C20H23NO3/c1-21(13-15-6-4-5-7-19(15)24-3)20(22)18-12-17(18)14-8-10-16(23-2)11-9-14/h4-11,17-18H,12-13H2,1-3H3. The number of carbonyl (C=O) groups excluding carboxylic acids is 1. The lowest BCUT2D eigenvalue weighted by Gasteiger charge is -2.19. The molecular formula is C20H23NO3. The highest BCUT2D eigenvalue weighted by molar-refractivity contribution is 5.82. The maximum absolute atomic E-state index is 12.7. The fourth-order valence-electron chi connectivity index (χ4n) is 3.14. The third-order valence-corrected chi connectivity index (χ3v) is 4.63. The molecule has 0 spiro atoms. The van der Waals surface area contributed by atoms with Gasteiger partial charge in [0.25, 0.3) is 0 Å². The fourth-order valence-corrected chi connectivity index (χ4v) is 3.14. The second-order valence-corrected chi connectivity index (χ2v) is 6.23. The van der Waals surface area contributed by atoms with E-state index in [4.69, 9.17) is 9.47 Å². The largest absolute Gasteiger partial charge is 0.497 e. The zero-order chi connectivity index (χ0) is 17.1. The Bertz CT molecular complexity index is 711. The van der Waals surface area contributed by atoms with E-state index >= 15 is 0 Å². The van der Waals surface area contributed by atoms with Crippen LogP contribution in [-0.4, -0.2) is 32.1 Å². The molecule has 2 aromatic rings. The van der Waals surface area contributed by atoms with Crippen molar-refractivity contribution in [1.82, 2.24) is 4.90 Å². The van der Waals surface area contributed by atoms with Crippen LogP contribution in [0.5, 0.6) is 11.5 Å². The lowest BCUT2D eigenvalue weighted by molar-refractivity contribution is -0.131. The maximum Gasteiger partial charge on any atom is 0.226 e. The Balaban J connectivity index is 1.62. The van der Waals surface area contributed by atoms with Crippen LogP contribution in [0.3, 0.4) is 0 Å². The molecule has 2 aromatic carbocycles. The van der Waals surface area contributed by atoms with E-state index in [1.54, 1.807) is 19.1 Å². The molecule has 0 aliphatic heterocycles. The van der Waals surface area contributed by atoms with Crippen LogP contribution < -0.4 is 9.47 Å². The number of rotatable bonds is 6. The highest BCUT2D eigenvalue weighted by atomic mass is 16.5. The van der Waals surface area contributed by atoms with Gasteiger partial charge in [0, 0.05) is 25.1 Å². The summed E-state index contributed by atoms with van der Waals surface area (Å²) >= 11 is 0. The van der Waals surface area contributed by atoms with Crippen LogP contribution in [0, 0.1) is 5.92 Å². The highest BCUT2D eigenvalue weighted by Crippen LogP contribution is 2.48. The number of amides is 1. The average Bonchev–Trinajstić information content (AvgIpc) is 3.42. The molecule has 0 heterocycles. The Morgan fingerprint density at radius 2 is 1.79 bits per heavy atom. The van der Waals surface area contributed by atoms with E-state index in [9.17, 15) is 4.79 Å². The second-order valence-electron chi connectivity index (χ2n) is 6.23. The van der Waals surface area contributed by atoms with Crippen molar-refractivity contribution >= 4 is 5.91 Å². The molecule has 1 saturated carbocycles. The molecule has 2 unspecified atom stereocenters. The van der Waals surface area contributed by atoms with E-state index in [0.29, 0.717) is 12.5 Å². The van der Waals surface area contributed by atoms with Gasteiger partial charge in [0.1, 0.15) is 11.5 Å². The van der Waals surface area contributed by atoms with Gasteiger partial charge >= 0.3 is 0 Å². The molecular weight excluding hydrogens is 302 g/mol. The monoisotopic (exact) mass is 325 g/mol. The molecule has 4 nitrogen and oxygen atoms in total. The van der Waals surface area contributed by atoms with Crippen LogP contribution in [0.15, 0.2) is 48.5 Å². The van der Waals surface area contributed by atoms with Crippen LogP contribution in [0.25, 0.3) is 0 Å². The third-order valence-electron chi connectivity index (χ3n) is 4.63. The minimum atomic E-state index is 0.0816. The summed E-state index contributed by atoms with van der Waals surface area (Å²) < 4.78 is 10.5. The number of nitrogens with zero attached hydrogens (tertiary/aromatic N) is 1.